The van der Waals surface area contributed by atoms with Gasteiger partial charge in [0.2, 0.25) is 5.91 Å². The lowest BCUT2D eigenvalue weighted by Gasteiger charge is -2.39. The number of amides is 1. The van der Waals surface area contributed by atoms with E-state index in [1.807, 2.05) is 12.1 Å². The van der Waals surface area contributed by atoms with Gasteiger partial charge in [-0.2, -0.15) is 0 Å². The topological polar surface area (TPSA) is 66.8 Å². The minimum Gasteiger partial charge on any atom is -0.481 e. The molecule has 0 aromatic carbocycles. The first-order chi connectivity index (χ1) is 9.97. The van der Waals surface area contributed by atoms with Crippen molar-refractivity contribution in [1.82, 2.24) is 4.90 Å². The summed E-state index contributed by atoms with van der Waals surface area (Å²) in [5.74, 6) is -0.911. The fraction of sp³-hybridized carbons (Fsp3) is 0.571. The van der Waals surface area contributed by atoms with Gasteiger partial charge >= 0.3 is 5.97 Å². The van der Waals surface area contributed by atoms with Gasteiger partial charge in [0.25, 0.3) is 0 Å². The molecule has 1 amide bonds. The zero-order valence-electron chi connectivity index (χ0n) is 11.8. The zero-order valence-corrected chi connectivity index (χ0v) is 14.2. The lowest BCUT2D eigenvalue weighted by atomic mass is 9.80. The summed E-state index contributed by atoms with van der Waals surface area (Å²) in [5, 5.41) is 9.49. The van der Waals surface area contributed by atoms with Crippen LogP contribution < -0.4 is 0 Å². The van der Waals surface area contributed by atoms with Gasteiger partial charge in [-0.05, 0) is 40.9 Å². The third-order valence-electron chi connectivity index (χ3n) is 3.76. The summed E-state index contributed by atoms with van der Waals surface area (Å²) in [6.45, 7) is 0.975. The van der Waals surface area contributed by atoms with E-state index in [-0.39, 0.29) is 19.1 Å². The first-order valence-electron chi connectivity index (χ1n) is 6.71. The van der Waals surface area contributed by atoms with Gasteiger partial charge in [0.15, 0.2) is 0 Å². The van der Waals surface area contributed by atoms with Crippen LogP contribution in [0, 0.1) is 5.41 Å². The van der Waals surface area contributed by atoms with Crippen LogP contribution in [-0.2, 0) is 20.7 Å². The molecule has 2 heterocycles. The largest absolute Gasteiger partial charge is 0.481 e. The molecule has 0 aliphatic carbocycles. The summed E-state index contributed by atoms with van der Waals surface area (Å²) in [7, 11) is 1.49. The third kappa shape index (κ3) is 3.84. The summed E-state index contributed by atoms with van der Waals surface area (Å²) in [6.07, 6.45) is 1.55. The summed E-state index contributed by atoms with van der Waals surface area (Å²) in [4.78, 5) is 26.6. The highest BCUT2D eigenvalue weighted by Crippen LogP contribution is 2.31. The molecule has 5 nitrogen and oxygen atoms in total. The Hall–Kier alpha value is -0.920. The van der Waals surface area contributed by atoms with Gasteiger partial charge < -0.3 is 14.7 Å². The van der Waals surface area contributed by atoms with E-state index < -0.39 is 11.4 Å². The number of carbonyl (C=O) groups excluding carboxylic acids is 1. The van der Waals surface area contributed by atoms with Gasteiger partial charge in [-0.15, -0.1) is 11.3 Å². The molecule has 21 heavy (non-hydrogen) atoms. The van der Waals surface area contributed by atoms with Crippen LogP contribution >= 0.6 is 27.3 Å². The molecule has 1 N–H and O–H groups in total. The smallest absolute Gasteiger partial charge is 0.313 e. The summed E-state index contributed by atoms with van der Waals surface area (Å²) in [6, 6.07) is 3.83. The average Bonchev–Trinajstić information content (AvgIpc) is 2.84. The molecular weight excluding hydrogens is 358 g/mol. The number of hydrogen-bond acceptors (Lipinski definition) is 4. The van der Waals surface area contributed by atoms with E-state index in [0.717, 1.165) is 8.66 Å². The van der Waals surface area contributed by atoms with Crippen molar-refractivity contribution in [2.45, 2.75) is 19.3 Å². The van der Waals surface area contributed by atoms with Crippen LogP contribution in [0.4, 0.5) is 0 Å². The van der Waals surface area contributed by atoms with Crippen LogP contribution in [-0.4, -0.2) is 48.7 Å². The summed E-state index contributed by atoms with van der Waals surface area (Å²) < 4.78 is 6.06. The minimum absolute atomic E-state index is 0.0224. The number of thiophene rings is 1. The van der Waals surface area contributed by atoms with Crippen LogP contribution in [0.15, 0.2) is 15.9 Å². The molecule has 1 aliphatic rings. The third-order valence-corrected chi connectivity index (χ3v) is 5.38. The number of carbonyl (C=O) groups is 2. The number of halogens is 1. The number of carboxylic acid groups (broad SMARTS) is 1. The van der Waals surface area contributed by atoms with Crippen molar-refractivity contribution in [3.63, 3.8) is 0 Å². The van der Waals surface area contributed by atoms with Crippen molar-refractivity contribution >= 4 is 39.1 Å². The minimum atomic E-state index is -0.974. The zero-order chi connectivity index (χ0) is 15.5. The maximum Gasteiger partial charge on any atom is 0.313 e. The van der Waals surface area contributed by atoms with E-state index in [0.29, 0.717) is 25.8 Å². The van der Waals surface area contributed by atoms with Crippen molar-refractivity contribution in [1.29, 1.82) is 0 Å². The predicted octanol–water partition coefficient (Wildman–Crippen LogP) is 2.39. The van der Waals surface area contributed by atoms with Gasteiger partial charge in [0.1, 0.15) is 5.41 Å². The van der Waals surface area contributed by atoms with E-state index >= 15 is 0 Å². The molecular formula is C14H18BrNO4S. The molecule has 0 bridgehead atoms. The van der Waals surface area contributed by atoms with Gasteiger partial charge in [-0.3, -0.25) is 9.59 Å². The molecule has 0 spiro atoms. The van der Waals surface area contributed by atoms with E-state index in [1.54, 1.807) is 4.90 Å². The molecule has 1 atom stereocenters. The fourth-order valence-corrected chi connectivity index (χ4v) is 4.16. The van der Waals surface area contributed by atoms with Crippen LogP contribution in [0.2, 0.25) is 0 Å². The highest BCUT2D eigenvalue weighted by atomic mass is 79.9. The fourth-order valence-electron chi connectivity index (χ4n) is 2.68. The Labute approximate surface area is 136 Å². The van der Waals surface area contributed by atoms with Crippen LogP contribution in [0.5, 0.6) is 0 Å². The van der Waals surface area contributed by atoms with Crippen molar-refractivity contribution in [2.75, 3.05) is 26.8 Å². The second-order valence-corrected chi connectivity index (χ2v) is 7.87. The van der Waals surface area contributed by atoms with Gasteiger partial charge in [-0.1, -0.05) is 0 Å². The Bertz CT molecular complexity index is 529. The molecule has 1 aliphatic heterocycles. The van der Waals surface area contributed by atoms with Gasteiger partial charge in [0.05, 0.1) is 16.8 Å². The van der Waals surface area contributed by atoms with E-state index in [4.69, 9.17) is 4.74 Å². The first-order valence-corrected chi connectivity index (χ1v) is 8.32. The number of aliphatic carboxylic acids is 1. The number of piperidine rings is 1. The molecule has 116 valence electrons. The van der Waals surface area contributed by atoms with Crippen molar-refractivity contribution in [3.8, 4) is 0 Å². The maximum atomic E-state index is 12.4. The Kier molecular flexibility index (Phi) is 5.40. The Morgan fingerprint density at radius 2 is 2.29 bits per heavy atom. The lowest BCUT2D eigenvalue weighted by Crippen LogP contribution is -2.52. The number of rotatable bonds is 5. The molecule has 1 aromatic rings. The Morgan fingerprint density at radius 1 is 1.52 bits per heavy atom. The molecule has 1 aromatic heterocycles. The molecule has 1 unspecified atom stereocenters. The van der Waals surface area contributed by atoms with Crippen LogP contribution in [0.1, 0.15) is 17.7 Å². The molecule has 1 fully saturated rings. The quantitative estimate of drug-likeness (QED) is 0.857. The summed E-state index contributed by atoms with van der Waals surface area (Å²) in [5.41, 5.74) is -0.974. The highest BCUT2D eigenvalue weighted by molar-refractivity contribution is 9.11. The van der Waals surface area contributed by atoms with Crippen molar-refractivity contribution < 1.29 is 19.4 Å². The maximum absolute atomic E-state index is 12.4. The van der Waals surface area contributed by atoms with Crippen LogP contribution in [0.3, 0.4) is 0 Å². The second-order valence-electron chi connectivity index (χ2n) is 5.32. The van der Waals surface area contributed by atoms with E-state index in [9.17, 15) is 14.7 Å². The molecule has 7 heteroatoms. The lowest BCUT2D eigenvalue weighted by molar-refractivity contribution is -0.159. The molecule has 0 radical (unpaired) electrons. The summed E-state index contributed by atoms with van der Waals surface area (Å²) >= 11 is 4.90. The highest BCUT2D eigenvalue weighted by Gasteiger charge is 2.43. The second kappa shape index (κ2) is 6.89. The predicted molar refractivity (Wildman–Crippen MR) is 83.5 cm³/mol. The SMILES string of the molecule is COCC1(C(=O)O)CCCN(C(=O)Cc2ccc(Br)s2)C1. The normalized spacial score (nSPS) is 22.3. The van der Waals surface area contributed by atoms with Gasteiger partial charge in [0, 0.05) is 25.1 Å². The number of likely N-dealkylation sites (tertiary alicyclic amines) is 1. The molecule has 2 rings (SSSR count). The standard InChI is InChI=1S/C14H18BrNO4S/c1-20-9-14(13(18)19)5-2-6-16(8-14)12(17)7-10-3-4-11(15)21-10/h3-4H,2,5-9H2,1H3,(H,18,19). The Morgan fingerprint density at radius 3 is 2.86 bits per heavy atom. The van der Waals surface area contributed by atoms with Crippen LogP contribution in [0.25, 0.3) is 0 Å². The van der Waals surface area contributed by atoms with Crippen molar-refractivity contribution in [3.05, 3.63) is 20.8 Å². The molecule has 1 saturated heterocycles. The average molecular weight is 376 g/mol. The van der Waals surface area contributed by atoms with E-state index in [1.165, 1.54) is 18.4 Å². The number of ether oxygens (including phenoxy) is 1. The van der Waals surface area contributed by atoms with Crippen molar-refractivity contribution in [2.24, 2.45) is 5.41 Å². The van der Waals surface area contributed by atoms with E-state index in [2.05, 4.69) is 15.9 Å². The Balaban J connectivity index is 2.05. The monoisotopic (exact) mass is 375 g/mol. The number of methoxy groups -OCH3 is 1. The number of nitrogens with zero attached hydrogens (tertiary/aromatic N) is 1. The van der Waals surface area contributed by atoms with Gasteiger partial charge in [-0.25, -0.2) is 0 Å². The number of hydrogen-bond donors (Lipinski definition) is 1. The number of carboxylic acids is 1. The first kappa shape index (κ1) is 16.5. The molecule has 0 saturated carbocycles.